The summed E-state index contributed by atoms with van der Waals surface area (Å²) in [6.45, 7) is -3.68. The second-order valence-corrected chi connectivity index (χ2v) is 11.3. The van der Waals surface area contributed by atoms with Crippen molar-refractivity contribution < 1.29 is 4.89 Å². The Labute approximate surface area is 177 Å². The van der Waals surface area contributed by atoms with E-state index in [4.69, 9.17) is 0 Å². The zero-order chi connectivity index (χ0) is 18.6. The van der Waals surface area contributed by atoms with Gasteiger partial charge in [0.25, 0.3) is 0 Å². The van der Waals surface area contributed by atoms with E-state index >= 15 is 0 Å². The van der Waals surface area contributed by atoms with E-state index in [9.17, 15) is 4.89 Å². The summed E-state index contributed by atoms with van der Waals surface area (Å²) in [5.41, 5.74) is 1.13. The summed E-state index contributed by atoms with van der Waals surface area (Å²) in [6, 6.07) is 40.8. The number of benzene rings is 4. The average Bonchev–Trinajstić information content (AvgIpc) is 2.76. The topological polar surface area (TPSA) is 20.2 Å². The Bertz CT molecular complexity index is 906. The third-order valence-corrected chi connectivity index (χ3v) is 10.5. The second-order valence-electron chi connectivity index (χ2n) is 6.90. The van der Waals surface area contributed by atoms with Crippen LogP contribution in [0.1, 0.15) is 5.56 Å². The summed E-state index contributed by atoms with van der Waals surface area (Å²) in [5.74, 6) is 0. The summed E-state index contributed by atoms with van der Waals surface area (Å²) < 4.78 is 0. The molecule has 4 aromatic carbocycles. The molecule has 28 heavy (non-hydrogen) atoms. The first-order chi connectivity index (χ1) is 13.2. The maximum absolute atomic E-state index is 13.0. The molecule has 4 aromatic rings. The van der Waals surface area contributed by atoms with E-state index in [2.05, 4.69) is 48.5 Å². The van der Waals surface area contributed by atoms with Gasteiger partial charge in [0, 0.05) is 0 Å². The Kier molecular flexibility index (Phi) is 6.15. The van der Waals surface area contributed by atoms with Crippen LogP contribution in [0.15, 0.2) is 121 Å². The van der Waals surface area contributed by atoms with Crippen LogP contribution in [0.5, 0.6) is 0 Å². The van der Waals surface area contributed by atoms with E-state index in [1.807, 2.05) is 72.8 Å². The minimum atomic E-state index is -3.68. The molecule has 0 spiro atoms. The Morgan fingerprint density at radius 2 is 0.750 bits per heavy atom. The molecule has 142 valence electrons. The molecule has 0 amide bonds. The Morgan fingerprint density at radius 3 is 1.07 bits per heavy atom. The first kappa shape index (κ1) is 20.5. The summed E-state index contributed by atoms with van der Waals surface area (Å²) in [5, 5.41) is 2.97. The molecule has 0 saturated carbocycles. The number of halogens is 1. The Hall–Kier alpha value is -2.25. The molecular weight excluding hydrogens is 427 g/mol. The van der Waals surface area contributed by atoms with Crippen LogP contribution in [-0.4, -0.2) is 4.89 Å². The maximum atomic E-state index is 13.0. The zero-order valence-corrected chi connectivity index (χ0v) is 18.2. The van der Waals surface area contributed by atoms with Crippen molar-refractivity contribution in [2.45, 2.75) is 6.16 Å². The van der Waals surface area contributed by atoms with Crippen molar-refractivity contribution >= 4 is 39.7 Å². The van der Waals surface area contributed by atoms with E-state index < -0.39 is 6.83 Å². The third kappa shape index (κ3) is 3.44. The average molecular weight is 451 g/mol. The molecule has 0 aliphatic rings. The van der Waals surface area contributed by atoms with Gasteiger partial charge in [-0.05, 0) is 0 Å². The summed E-state index contributed by atoms with van der Waals surface area (Å²) in [7, 11) is 0. The second kappa shape index (κ2) is 8.41. The van der Waals surface area contributed by atoms with Crippen LogP contribution in [0.4, 0.5) is 0 Å². The molecule has 3 heteroatoms. The molecule has 0 atom stereocenters. The van der Waals surface area contributed by atoms with Crippen LogP contribution in [0.25, 0.3) is 0 Å². The normalized spacial score (nSPS) is 12.4. The molecule has 0 unspecified atom stereocenters. The van der Waals surface area contributed by atoms with Crippen molar-refractivity contribution in [2.75, 3.05) is 0 Å². The molecule has 0 saturated heterocycles. The van der Waals surface area contributed by atoms with Gasteiger partial charge in [-0.15, -0.1) is 17.0 Å². The molecular formula is C25H24BrOP. The van der Waals surface area contributed by atoms with Gasteiger partial charge in [-0.3, -0.25) is 0 Å². The molecule has 0 radical (unpaired) electrons. The third-order valence-electron chi connectivity index (χ3n) is 5.27. The van der Waals surface area contributed by atoms with Crippen molar-refractivity contribution in [1.29, 1.82) is 0 Å². The number of rotatable bonds is 5. The predicted molar refractivity (Wildman–Crippen MR) is 128 cm³/mol. The fraction of sp³-hybridized carbons (Fsp3) is 0.0400. The van der Waals surface area contributed by atoms with Gasteiger partial charge in [-0.2, -0.15) is 0 Å². The van der Waals surface area contributed by atoms with Crippen molar-refractivity contribution in [1.82, 2.24) is 0 Å². The summed E-state index contributed by atoms with van der Waals surface area (Å²) in [4.78, 5) is 13.0. The van der Waals surface area contributed by atoms with Crippen LogP contribution in [0, 0.1) is 0 Å². The van der Waals surface area contributed by atoms with Crippen LogP contribution in [-0.2, 0) is 6.16 Å². The molecule has 1 N–H and O–H groups in total. The van der Waals surface area contributed by atoms with Crippen LogP contribution < -0.4 is 15.9 Å². The monoisotopic (exact) mass is 450 g/mol. The zero-order valence-electron chi connectivity index (χ0n) is 15.6. The standard InChI is InChI=1S/C25H23OP.BrH/c26-27(23-15-7-2-8-16-23,24-17-9-3-10-18-24,25-19-11-4-12-20-25)21-22-13-5-1-6-14-22;/h1-20,26H,21H2;1H. The summed E-state index contributed by atoms with van der Waals surface area (Å²) >= 11 is 0. The van der Waals surface area contributed by atoms with Gasteiger partial charge in [0.05, 0.1) is 0 Å². The van der Waals surface area contributed by atoms with Crippen molar-refractivity contribution in [3.63, 3.8) is 0 Å². The molecule has 0 heterocycles. The van der Waals surface area contributed by atoms with Gasteiger partial charge >= 0.3 is 161 Å². The fourth-order valence-corrected chi connectivity index (χ4v) is 8.71. The molecule has 1 nitrogen and oxygen atoms in total. The predicted octanol–water partition coefficient (Wildman–Crippen LogP) is 5.20. The molecule has 0 fully saturated rings. The minimum absolute atomic E-state index is 0. The van der Waals surface area contributed by atoms with Crippen molar-refractivity contribution in [3.8, 4) is 0 Å². The van der Waals surface area contributed by atoms with Gasteiger partial charge in [0.15, 0.2) is 0 Å². The molecule has 0 bridgehead atoms. The van der Waals surface area contributed by atoms with E-state index in [0.717, 1.165) is 21.5 Å². The molecule has 0 aromatic heterocycles. The van der Waals surface area contributed by atoms with Crippen molar-refractivity contribution in [2.24, 2.45) is 0 Å². The van der Waals surface area contributed by atoms with Crippen LogP contribution in [0.3, 0.4) is 0 Å². The van der Waals surface area contributed by atoms with Gasteiger partial charge in [-0.1, -0.05) is 0 Å². The first-order valence-corrected chi connectivity index (χ1v) is 11.6. The first-order valence-electron chi connectivity index (χ1n) is 9.18. The Morgan fingerprint density at radius 1 is 0.464 bits per heavy atom. The van der Waals surface area contributed by atoms with E-state index in [1.165, 1.54) is 0 Å². The van der Waals surface area contributed by atoms with Crippen LogP contribution >= 0.6 is 23.8 Å². The molecule has 4 rings (SSSR count). The van der Waals surface area contributed by atoms with Crippen molar-refractivity contribution in [3.05, 3.63) is 127 Å². The van der Waals surface area contributed by atoms with Crippen LogP contribution in [0.2, 0.25) is 0 Å². The number of hydrogen-bond donors (Lipinski definition) is 1. The van der Waals surface area contributed by atoms with Gasteiger partial charge in [0.1, 0.15) is 0 Å². The molecule has 0 aliphatic heterocycles. The quantitative estimate of drug-likeness (QED) is 0.414. The summed E-state index contributed by atoms with van der Waals surface area (Å²) in [6.07, 6.45) is 0.574. The molecule has 0 aliphatic carbocycles. The number of hydrogen-bond acceptors (Lipinski definition) is 1. The van der Waals surface area contributed by atoms with Gasteiger partial charge in [-0.25, -0.2) is 0 Å². The Balaban J connectivity index is 0.00000225. The van der Waals surface area contributed by atoms with Gasteiger partial charge in [0.2, 0.25) is 0 Å². The fourth-order valence-electron chi connectivity index (χ4n) is 3.91. The SMILES string of the molecule is Br.OP(Cc1ccccc1)(c1ccccc1)(c1ccccc1)c1ccccc1. The van der Waals surface area contributed by atoms with E-state index in [0.29, 0.717) is 6.16 Å². The van der Waals surface area contributed by atoms with Gasteiger partial charge < -0.3 is 0 Å². The van der Waals surface area contributed by atoms with E-state index in [1.54, 1.807) is 0 Å². The van der Waals surface area contributed by atoms with E-state index in [-0.39, 0.29) is 17.0 Å².